The summed E-state index contributed by atoms with van der Waals surface area (Å²) in [5, 5.41) is 13.3. The van der Waals surface area contributed by atoms with E-state index in [0.29, 0.717) is 35.6 Å². The van der Waals surface area contributed by atoms with Crippen LogP contribution in [0.15, 0.2) is 63.8 Å². The molecule has 2 aromatic carbocycles. The van der Waals surface area contributed by atoms with E-state index in [9.17, 15) is 14.7 Å². The van der Waals surface area contributed by atoms with E-state index >= 15 is 0 Å². The average molecular weight is 476 g/mol. The van der Waals surface area contributed by atoms with Crippen molar-refractivity contribution in [3.05, 3.63) is 97.9 Å². The summed E-state index contributed by atoms with van der Waals surface area (Å²) in [5.74, 6) is -0.681. The van der Waals surface area contributed by atoms with E-state index < -0.39 is 5.97 Å². The van der Waals surface area contributed by atoms with E-state index in [4.69, 9.17) is 16.0 Å². The molecule has 7 nitrogen and oxygen atoms in total. The Balaban J connectivity index is 1.56. The molecule has 0 radical (unpaired) electrons. The number of carboxylic acids is 1. The third-order valence-corrected chi connectivity index (χ3v) is 6.25. The van der Waals surface area contributed by atoms with Crippen LogP contribution in [0.4, 0.5) is 11.6 Å². The zero-order valence-corrected chi connectivity index (χ0v) is 19.4. The maximum absolute atomic E-state index is 13.1. The number of fused-ring (bicyclic) bond motifs is 2. The summed E-state index contributed by atoms with van der Waals surface area (Å²) in [5.41, 5.74) is 4.57. The van der Waals surface area contributed by atoms with Crippen molar-refractivity contribution in [1.29, 1.82) is 0 Å². The largest absolute Gasteiger partial charge is 0.476 e. The number of nitrogens with one attached hydrogen (secondary N) is 1. The van der Waals surface area contributed by atoms with Crippen LogP contribution in [-0.2, 0) is 13.1 Å². The van der Waals surface area contributed by atoms with Crippen LogP contribution in [-0.4, -0.2) is 16.1 Å². The van der Waals surface area contributed by atoms with Crippen molar-refractivity contribution in [3.63, 3.8) is 0 Å². The van der Waals surface area contributed by atoms with Crippen molar-refractivity contribution in [2.75, 3.05) is 10.2 Å². The van der Waals surface area contributed by atoms with Gasteiger partial charge < -0.3 is 19.7 Å². The van der Waals surface area contributed by atoms with Crippen LogP contribution >= 0.6 is 11.6 Å². The normalized spacial score (nSPS) is 13.7. The van der Waals surface area contributed by atoms with Gasteiger partial charge in [0.1, 0.15) is 10.7 Å². The lowest BCUT2D eigenvalue weighted by Gasteiger charge is -2.21. The summed E-state index contributed by atoms with van der Waals surface area (Å²) in [7, 11) is 0. The molecule has 3 heterocycles. The van der Waals surface area contributed by atoms with Crippen LogP contribution in [0.3, 0.4) is 0 Å². The van der Waals surface area contributed by atoms with Crippen molar-refractivity contribution >= 4 is 40.1 Å². The van der Waals surface area contributed by atoms with E-state index in [1.807, 2.05) is 43.0 Å². The number of rotatable bonds is 5. The summed E-state index contributed by atoms with van der Waals surface area (Å²) in [4.78, 5) is 30.7. The fraction of sp³-hybridized carbons (Fsp3) is 0.192. The fourth-order valence-corrected chi connectivity index (χ4v) is 4.56. The highest BCUT2D eigenvalue weighted by Gasteiger charge is 2.23. The van der Waals surface area contributed by atoms with Crippen molar-refractivity contribution in [1.82, 2.24) is 4.98 Å². The molecule has 1 aliphatic rings. The van der Waals surface area contributed by atoms with Gasteiger partial charge in [-0.1, -0.05) is 41.9 Å². The van der Waals surface area contributed by atoms with Crippen molar-refractivity contribution in [2.24, 2.45) is 0 Å². The molecule has 34 heavy (non-hydrogen) atoms. The Kier molecular flexibility index (Phi) is 5.49. The lowest BCUT2D eigenvalue weighted by Crippen LogP contribution is -2.18. The Morgan fingerprint density at radius 3 is 2.53 bits per heavy atom. The molecule has 0 saturated carbocycles. The van der Waals surface area contributed by atoms with Gasteiger partial charge in [0.2, 0.25) is 5.88 Å². The molecule has 0 bridgehead atoms. The second-order valence-corrected chi connectivity index (χ2v) is 8.89. The minimum Gasteiger partial charge on any atom is -0.476 e. The Morgan fingerprint density at radius 2 is 1.85 bits per heavy atom. The first-order chi connectivity index (χ1) is 16.3. The Bertz CT molecular complexity index is 1470. The Labute approximate surface area is 200 Å². The molecule has 8 heteroatoms. The number of aromatic carboxylic acids is 1. The summed E-state index contributed by atoms with van der Waals surface area (Å²) >= 11 is 5.89. The van der Waals surface area contributed by atoms with Crippen molar-refractivity contribution in [2.45, 2.75) is 33.0 Å². The van der Waals surface area contributed by atoms with Gasteiger partial charge in [-0.25, -0.2) is 9.78 Å². The minimum absolute atomic E-state index is 0.0962. The topological polar surface area (TPSA) is 95.7 Å². The molecular formula is C26H22ClN3O4. The van der Waals surface area contributed by atoms with Gasteiger partial charge in [-0.2, -0.15) is 0 Å². The maximum atomic E-state index is 13.1. The smallest absolute Gasteiger partial charge is 0.356 e. The highest BCUT2D eigenvalue weighted by molar-refractivity contribution is 6.29. The van der Waals surface area contributed by atoms with E-state index in [1.165, 1.54) is 17.2 Å². The molecule has 0 saturated heterocycles. The quantitative estimate of drug-likeness (QED) is 0.366. The second-order valence-electron chi connectivity index (χ2n) is 8.51. The predicted molar refractivity (Wildman–Crippen MR) is 132 cm³/mol. The van der Waals surface area contributed by atoms with E-state index in [0.717, 1.165) is 11.1 Å². The highest BCUT2D eigenvalue weighted by Crippen LogP contribution is 2.33. The van der Waals surface area contributed by atoms with E-state index in [2.05, 4.69) is 22.4 Å². The molecule has 1 aliphatic heterocycles. The Hall–Kier alpha value is -3.84. The summed E-state index contributed by atoms with van der Waals surface area (Å²) in [6, 6.07) is 16.2. The number of hydrogen-bond acceptors (Lipinski definition) is 6. The first-order valence-electron chi connectivity index (χ1n) is 10.9. The average Bonchev–Trinajstić information content (AvgIpc) is 3.24. The number of hydrogen-bond donors (Lipinski definition) is 2. The third-order valence-electron chi connectivity index (χ3n) is 6.04. The highest BCUT2D eigenvalue weighted by atomic mass is 35.5. The molecule has 0 fully saturated rings. The number of carboxylic acid groups (broad SMARTS) is 1. The predicted octanol–water partition coefficient (Wildman–Crippen LogP) is 5.54. The summed E-state index contributed by atoms with van der Waals surface area (Å²) in [6.45, 7) is 5.12. The number of nitrogens with zero attached hydrogens (tertiary/aromatic N) is 2. The number of halogens is 1. The monoisotopic (exact) mass is 475 g/mol. The van der Waals surface area contributed by atoms with Gasteiger partial charge in [0.25, 0.3) is 0 Å². The second kappa shape index (κ2) is 8.50. The van der Waals surface area contributed by atoms with Crippen LogP contribution in [0.25, 0.3) is 11.0 Å². The standard InChI is InChI=1S/C26H22ClN3O4/c1-14-9-18(15(2)28-20-7-8-22(27)29-24(20)26(32)33)25-19(10-14)21(31)11-23(34-25)30-12-16-5-3-4-6-17(16)13-30/h3-11,15,28H,12-13H2,1-2H3,(H,32,33). The van der Waals surface area contributed by atoms with Gasteiger partial charge in [-0.15, -0.1) is 0 Å². The zero-order chi connectivity index (χ0) is 24.0. The number of aromatic nitrogens is 1. The molecule has 172 valence electrons. The van der Waals surface area contributed by atoms with Gasteiger partial charge in [-0.05, 0) is 48.7 Å². The van der Waals surface area contributed by atoms with Crippen molar-refractivity contribution in [3.8, 4) is 0 Å². The molecule has 0 amide bonds. The molecule has 4 aromatic rings. The number of benzene rings is 2. The molecule has 0 spiro atoms. The van der Waals surface area contributed by atoms with Gasteiger partial charge >= 0.3 is 5.97 Å². The molecular weight excluding hydrogens is 454 g/mol. The van der Waals surface area contributed by atoms with Crippen LogP contribution in [0.5, 0.6) is 0 Å². The number of pyridine rings is 1. The van der Waals surface area contributed by atoms with Crippen LogP contribution < -0.4 is 15.6 Å². The summed E-state index contributed by atoms with van der Waals surface area (Å²) in [6.07, 6.45) is 0. The molecule has 1 atom stereocenters. The van der Waals surface area contributed by atoms with Crippen LogP contribution in [0.1, 0.15) is 45.7 Å². The van der Waals surface area contributed by atoms with Crippen LogP contribution in [0.2, 0.25) is 5.15 Å². The third kappa shape index (κ3) is 3.99. The minimum atomic E-state index is -1.19. The zero-order valence-electron chi connectivity index (χ0n) is 18.6. The SMILES string of the molecule is Cc1cc(C(C)Nc2ccc(Cl)nc2C(=O)O)c2oc(N3Cc4ccccc4C3)cc(=O)c2c1. The van der Waals surface area contributed by atoms with Crippen LogP contribution in [0, 0.1) is 6.92 Å². The number of aryl methyl sites for hydroxylation is 1. The maximum Gasteiger partial charge on any atom is 0.356 e. The lowest BCUT2D eigenvalue weighted by atomic mass is 10.0. The molecule has 2 N–H and O–H groups in total. The summed E-state index contributed by atoms with van der Waals surface area (Å²) < 4.78 is 6.33. The van der Waals surface area contributed by atoms with E-state index in [1.54, 1.807) is 12.1 Å². The van der Waals surface area contributed by atoms with E-state index in [-0.39, 0.29) is 22.3 Å². The Morgan fingerprint density at radius 1 is 1.15 bits per heavy atom. The van der Waals surface area contributed by atoms with Gasteiger partial charge in [0.05, 0.1) is 17.1 Å². The molecule has 1 unspecified atom stereocenters. The first kappa shape index (κ1) is 22.0. The lowest BCUT2D eigenvalue weighted by molar-refractivity contribution is 0.0691. The molecule has 5 rings (SSSR count). The van der Waals surface area contributed by atoms with Crippen molar-refractivity contribution < 1.29 is 14.3 Å². The number of anilines is 2. The first-order valence-corrected chi connectivity index (χ1v) is 11.2. The molecule has 2 aromatic heterocycles. The van der Waals surface area contributed by atoms with Gasteiger partial charge in [0.15, 0.2) is 11.1 Å². The number of carbonyl (C=O) groups is 1. The van der Waals surface area contributed by atoms with Gasteiger partial charge in [-0.3, -0.25) is 4.79 Å². The fourth-order valence-electron chi connectivity index (χ4n) is 4.41. The van der Waals surface area contributed by atoms with Gasteiger partial charge in [0, 0.05) is 24.7 Å². The molecule has 0 aliphatic carbocycles.